The lowest BCUT2D eigenvalue weighted by Crippen LogP contribution is -2.46. The maximum atomic E-state index is 12.7. The Bertz CT molecular complexity index is 636. The largest absolute Gasteiger partial charge is 0.480 e. The van der Waals surface area contributed by atoms with Crippen LogP contribution >= 0.6 is 0 Å². The lowest BCUT2D eigenvalue weighted by molar-refractivity contribution is -0.145. The zero-order valence-electron chi connectivity index (χ0n) is 14.4. The fraction of sp³-hybridized carbons (Fsp3) is 0.500. The first-order chi connectivity index (χ1) is 11.3. The predicted molar refractivity (Wildman–Crippen MR) is 89.8 cm³/mol. The topological polar surface area (TPSA) is 77.9 Å². The van der Waals surface area contributed by atoms with Crippen LogP contribution in [0.1, 0.15) is 34.3 Å². The Kier molecular flexibility index (Phi) is 5.59. The van der Waals surface area contributed by atoms with E-state index in [0.717, 1.165) is 17.5 Å². The van der Waals surface area contributed by atoms with E-state index in [2.05, 4.69) is 0 Å². The maximum absolute atomic E-state index is 12.7. The van der Waals surface area contributed by atoms with Gasteiger partial charge in [-0.15, -0.1) is 0 Å². The summed E-state index contributed by atoms with van der Waals surface area (Å²) in [5, 5.41) is 8.81. The van der Waals surface area contributed by atoms with Crippen LogP contribution in [0, 0.1) is 19.8 Å². The van der Waals surface area contributed by atoms with Crippen molar-refractivity contribution < 1.29 is 19.5 Å². The molecule has 1 fully saturated rings. The monoisotopic (exact) mass is 332 g/mol. The minimum atomic E-state index is -1.04. The molecule has 0 aromatic heterocycles. The fourth-order valence-corrected chi connectivity index (χ4v) is 3.24. The number of carboxylic acid groups (broad SMARTS) is 1. The Balaban J connectivity index is 2.08. The zero-order chi connectivity index (χ0) is 17.9. The molecule has 6 heteroatoms. The smallest absolute Gasteiger partial charge is 0.323 e. The summed E-state index contributed by atoms with van der Waals surface area (Å²) in [5.74, 6) is -1.65. The van der Waals surface area contributed by atoms with Gasteiger partial charge in [0, 0.05) is 25.7 Å². The molecule has 2 rings (SSSR count). The van der Waals surface area contributed by atoms with E-state index in [4.69, 9.17) is 5.11 Å². The van der Waals surface area contributed by atoms with Crippen molar-refractivity contribution in [3.8, 4) is 0 Å². The SMILES string of the molecule is Cc1cc(C)cc(C(=O)N2CCCC(C(=O)N(C)CC(=O)O)C2)c1. The molecule has 1 aliphatic heterocycles. The predicted octanol–water partition coefficient (Wildman–Crippen LogP) is 1.70. The van der Waals surface area contributed by atoms with Gasteiger partial charge < -0.3 is 14.9 Å². The average molecular weight is 332 g/mol. The zero-order valence-corrected chi connectivity index (χ0v) is 14.4. The lowest BCUT2D eigenvalue weighted by atomic mass is 9.95. The van der Waals surface area contributed by atoms with Gasteiger partial charge >= 0.3 is 5.97 Å². The van der Waals surface area contributed by atoms with E-state index in [9.17, 15) is 14.4 Å². The number of hydrogen-bond acceptors (Lipinski definition) is 3. The van der Waals surface area contributed by atoms with Gasteiger partial charge in [-0.05, 0) is 38.8 Å². The van der Waals surface area contributed by atoms with Crippen LogP contribution in [-0.4, -0.2) is 59.4 Å². The van der Waals surface area contributed by atoms with Gasteiger partial charge in [0.05, 0.1) is 5.92 Å². The van der Waals surface area contributed by atoms with E-state index >= 15 is 0 Å². The molecule has 0 saturated carbocycles. The number of piperidine rings is 1. The molecule has 130 valence electrons. The van der Waals surface area contributed by atoms with Gasteiger partial charge in [0.25, 0.3) is 5.91 Å². The molecule has 1 atom stereocenters. The highest BCUT2D eigenvalue weighted by Gasteiger charge is 2.31. The second kappa shape index (κ2) is 7.47. The number of aryl methyl sites for hydroxylation is 2. The number of carbonyl (C=O) groups is 3. The number of likely N-dealkylation sites (N-methyl/N-ethyl adjacent to an activating group) is 1. The lowest BCUT2D eigenvalue weighted by Gasteiger charge is -2.33. The summed E-state index contributed by atoms with van der Waals surface area (Å²) in [6, 6.07) is 5.73. The van der Waals surface area contributed by atoms with Gasteiger partial charge in [-0.3, -0.25) is 14.4 Å². The summed E-state index contributed by atoms with van der Waals surface area (Å²) in [4.78, 5) is 38.8. The van der Waals surface area contributed by atoms with Gasteiger partial charge in [-0.25, -0.2) is 0 Å². The van der Waals surface area contributed by atoms with Gasteiger partial charge in [0.2, 0.25) is 5.91 Å². The molecule has 0 spiro atoms. The van der Waals surface area contributed by atoms with Crippen LogP contribution in [-0.2, 0) is 9.59 Å². The Labute approximate surface area is 142 Å². The van der Waals surface area contributed by atoms with Crippen LogP contribution in [0.15, 0.2) is 18.2 Å². The molecular weight excluding hydrogens is 308 g/mol. The van der Waals surface area contributed by atoms with E-state index in [0.29, 0.717) is 25.1 Å². The second-order valence-corrected chi connectivity index (χ2v) is 6.55. The number of benzene rings is 1. The number of rotatable bonds is 4. The molecule has 1 heterocycles. The minimum absolute atomic E-state index is 0.0693. The number of aliphatic carboxylic acids is 1. The molecule has 1 aromatic carbocycles. The molecule has 1 saturated heterocycles. The minimum Gasteiger partial charge on any atom is -0.480 e. The van der Waals surface area contributed by atoms with Crippen LogP contribution in [0.5, 0.6) is 0 Å². The number of carboxylic acids is 1. The van der Waals surface area contributed by atoms with E-state index in [1.54, 1.807) is 4.90 Å². The average Bonchev–Trinajstić information content (AvgIpc) is 2.52. The van der Waals surface area contributed by atoms with E-state index in [1.165, 1.54) is 11.9 Å². The van der Waals surface area contributed by atoms with Gasteiger partial charge in [0.15, 0.2) is 0 Å². The molecule has 0 bridgehead atoms. The van der Waals surface area contributed by atoms with E-state index < -0.39 is 5.97 Å². The first-order valence-electron chi connectivity index (χ1n) is 8.12. The van der Waals surface area contributed by atoms with Crippen molar-refractivity contribution in [2.45, 2.75) is 26.7 Å². The van der Waals surface area contributed by atoms with Crippen LogP contribution < -0.4 is 0 Å². The highest BCUT2D eigenvalue weighted by atomic mass is 16.4. The van der Waals surface area contributed by atoms with Crippen molar-refractivity contribution in [1.82, 2.24) is 9.80 Å². The molecule has 2 amide bonds. The molecule has 0 aliphatic carbocycles. The Hall–Kier alpha value is -2.37. The molecular formula is C18H24N2O4. The van der Waals surface area contributed by atoms with Crippen LogP contribution in [0.2, 0.25) is 0 Å². The van der Waals surface area contributed by atoms with Gasteiger partial charge in [-0.1, -0.05) is 17.2 Å². The number of nitrogens with zero attached hydrogens (tertiary/aromatic N) is 2. The third kappa shape index (κ3) is 4.34. The van der Waals surface area contributed by atoms with Crippen molar-refractivity contribution >= 4 is 17.8 Å². The quantitative estimate of drug-likeness (QED) is 0.910. The van der Waals surface area contributed by atoms with Crippen LogP contribution in [0.4, 0.5) is 0 Å². The third-order valence-electron chi connectivity index (χ3n) is 4.28. The molecule has 6 nitrogen and oxygen atoms in total. The van der Waals surface area contributed by atoms with E-state index in [-0.39, 0.29) is 24.3 Å². The Morgan fingerprint density at radius 3 is 2.42 bits per heavy atom. The van der Waals surface area contributed by atoms with Gasteiger partial charge in [0.1, 0.15) is 6.54 Å². The van der Waals surface area contributed by atoms with Crippen molar-refractivity contribution in [1.29, 1.82) is 0 Å². The summed E-state index contributed by atoms with van der Waals surface area (Å²) >= 11 is 0. The number of likely N-dealkylation sites (tertiary alicyclic amines) is 1. The number of carbonyl (C=O) groups excluding carboxylic acids is 2. The van der Waals surface area contributed by atoms with Crippen molar-refractivity contribution in [3.05, 3.63) is 34.9 Å². The summed E-state index contributed by atoms with van der Waals surface area (Å²) in [6.07, 6.45) is 1.42. The standard InChI is InChI=1S/C18H24N2O4/c1-12-7-13(2)9-15(8-12)18(24)20-6-4-5-14(10-20)17(23)19(3)11-16(21)22/h7-9,14H,4-6,10-11H2,1-3H3,(H,21,22). The molecule has 1 aromatic rings. The maximum Gasteiger partial charge on any atom is 0.323 e. The Morgan fingerprint density at radius 1 is 1.21 bits per heavy atom. The highest BCUT2D eigenvalue weighted by Crippen LogP contribution is 2.21. The molecule has 1 aliphatic rings. The third-order valence-corrected chi connectivity index (χ3v) is 4.28. The summed E-state index contributed by atoms with van der Waals surface area (Å²) in [7, 11) is 1.49. The highest BCUT2D eigenvalue weighted by molar-refractivity contribution is 5.95. The summed E-state index contributed by atoms with van der Waals surface area (Å²) in [6.45, 7) is 4.55. The Morgan fingerprint density at radius 2 is 1.83 bits per heavy atom. The first-order valence-corrected chi connectivity index (χ1v) is 8.12. The fourth-order valence-electron chi connectivity index (χ4n) is 3.24. The van der Waals surface area contributed by atoms with Crippen LogP contribution in [0.3, 0.4) is 0 Å². The first kappa shape index (κ1) is 18.0. The molecule has 1 unspecified atom stereocenters. The van der Waals surface area contributed by atoms with Crippen LogP contribution in [0.25, 0.3) is 0 Å². The summed E-state index contributed by atoms with van der Waals surface area (Å²) in [5.41, 5.74) is 2.70. The number of amides is 2. The molecule has 0 radical (unpaired) electrons. The summed E-state index contributed by atoms with van der Waals surface area (Å²) < 4.78 is 0. The second-order valence-electron chi connectivity index (χ2n) is 6.55. The molecule has 1 N–H and O–H groups in total. The van der Waals surface area contributed by atoms with Gasteiger partial charge in [-0.2, -0.15) is 0 Å². The normalized spacial score (nSPS) is 17.5. The molecule has 24 heavy (non-hydrogen) atoms. The van der Waals surface area contributed by atoms with Crippen molar-refractivity contribution in [2.75, 3.05) is 26.7 Å². The van der Waals surface area contributed by atoms with Crippen molar-refractivity contribution in [2.24, 2.45) is 5.92 Å². The van der Waals surface area contributed by atoms with E-state index in [1.807, 2.05) is 32.0 Å². The number of hydrogen-bond donors (Lipinski definition) is 1. The van der Waals surface area contributed by atoms with Crippen molar-refractivity contribution in [3.63, 3.8) is 0 Å².